The van der Waals surface area contributed by atoms with Crippen LogP contribution in [-0.4, -0.2) is 0 Å². The molecule has 0 heteroatoms. The van der Waals surface area contributed by atoms with Gasteiger partial charge in [-0.15, -0.1) is 0 Å². The lowest BCUT2D eigenvalue weighted by molar-refractivity contribution is 0.983. The Balaban J connectivity index is 2.42. The van der Waals surface area contributed by atoms with Gasteiger partial charge >= 0.3 is 0 Å². The van der Waals surface area contributed by atoms with Gasteiger partial charge in [-0.25, -0.2) is 0 Å². The van der Waals surface area contributed by atoms with Gasteiger partial charge in [0.1, 0.15) is 0 Å². The van der Waals surface area contributed by atoms with Gasteiger partial charge in [-0.3, -0.25) is 0 Å². The molecule has 1 radical (unpaired) electrons. The van der Waals surface area contributed by atoms with E-state index in [2.05, 4.69) is 48.6 Å². The third kappa shape index (κ3) is 4.73. The van der Waals surface area contributed by atoms with Crippen LogP contribution >= 0.6 is 0 Å². The molecule has 0 saturated heterocycles. The van der Waals surface area contributed by atoms with Crippen molar-refractivity contribution in [3.8, 4) is 0 Å². The van der Waals surface area contributed by atoms with Crippen molar-refractivity contribution in [1.29, 1.82) is 0 Å². The smallest absolute Gasteiger partial charge is 0.0245 e. The lowest BCUT2D eigenvalue weighted by Gasteiger charge is -1.88. The highest BCUT2D eigenvalue weighted by Gasteiger charge is 1.79. The van der Waals surface area contributed by atoms with Crippen LogP contribution in [-0.2, 0) is 0 Å². The number of allylic oxidation sites excluding steroid dienone is 8. The van der Waals surface area contributed by atoms with Crippen molar-refractivity contribution in [2.24, 2.45) is 0 Å². The van der Waals surface area contributed by atoms with Crippen molar-refractivity contribution in [3.05, 3.63) is 48.6 Å². The Hall–Kier alpha value is -1.04. The zero-order valence-corrected chi connectivity index (χ0v) is 7.37. The van der Waals surface area contributed by atoms with E-state index in [1.165, 1.54) is 0 Å². The van der Waals surface area contributed by atoms with Crippen molar-refractivity contribution in [2.45, 2.75) is 25.7 Å². The Morgan fingerprint density at radius 3 is 2.33 bits per heavy atom. The Labute approximate surface area is 75.0 Å². The van der Waals surface area contributed by atoms with Crippen molar-refractivity contribution in [1.82, 2.24) is 0 Å². The molecule has 12 heavy (non-hydrogen) atoms. The maximum atomic E-state index is 3.27. The summed E-state index contributed by atoms with van der Waals surface area (Å²) < 4.78 is 0. The summed E-state index contributed by atoms with van der Waals surface area (Å²) in [5.41, 5.74) is 0. The topological polar surface area (TPSA) is 0 Å². The van der Waals surface area contributed by atoms with Gasteiger partial charge in [0.2, 0.25) is 0 Å². The van der Waals surface area contributed by atoms with Crippen LogP contribution in [0.5, 0.6) is 0 Å². The molecule has 0 aromatic heterocycles. The molecule has 0 nitrogen and oxygen atoms in total. The average Bonchev–Trinajstić information content (AvgIpc) is 2.05. The Kier molecular flexibility index (Phi) is 5.02. The fraction of sp³-hybridized carbons (Fsp3) is 0.333. The zero-order valence-electron chi connectivity index (χ0n) is 7.37. The highest BCUT2D eigenvalue weighted by Crippen LogP contribution is 1.98. The minimum absolute atomic E-state index is 1.05. The number of rotatable bonds is 0. The summed E-state index contributed by atoms with van der Waals surface area (Å²) in [4.78, 5) is 0. The van der Waals surface area contributed by atoms with Crippen LogP contribution in [0.25, 0.3) is 0 Å². The third-order valence-corrected chi connectivity index (χ3v) is 1.68. The summed E-state index contributed by atoms with van der Waals surface area (Å²) in [7, 11) is 0. The van der Waals surface area contributed by atoms with Gasteiger partial charge in [0.05, 0.1) is 0 Å². The van der Waals surface area contributed by atoms with Gasteiger partial charge in [0.15, 0.2) is 0 Å². The van der Waals surface area contributed by atoms with Crippen LogP contribution in [0, 0.1) is 6.08 Å². The van der Waals surface area contributed by atoms with Crippen LogP contribution in [0.1, 0.15) is 25.7 Å². The highest BCUT2D eigenvalue weighted by molar-refractivity contribution is 5.11. The van der Waals surface area contributed by atoms with E-state index in [0.29, 0.717) is 0 Å². The molecular formula is C12H15. The Bertz CT molecular complexity index is 182. The molecule has 63 valence electrons. The first-order valence-electron chi connectivity index (χ1n) is 4.53. The molecule has 0 unspecified atom stereocenters. The standard InChI is InChI=1S/C12H15/c1-2-4-6-8-10-12-11-9-7-5-3-1/h1-6,11H,7-10H2. The SMILES string of the molecule is [C]1=CCCC=CC=CC=CCC1. The second kappa shape index (κ2) is 6.66. The molecule has 0 aromatic rings. The van der Waals surface area contributed by atoms with E-state index in [9.17, 15) is 0 Å². The van der Waals surface area contributed by atoms with Crippen molar-refractivity contribution < 1.29 is 0 Å². The summed E-state index contributed by atoms with van der Waals surface area (Å²) in [5.74, 6) is 0. The molecule has 1 rings (SSSR count). The third-order valence-electron chi connectivity index (χ3n) is 1.68. The molecule has 0 amide bonds. The monoisotopic (exact) mass is 159 g/mol. The molecule has 1 aliphatic rings. The van der Waals surface area contributed by atoms with Gasteiger partial charge in [-0.05, 0) is 31.8 Å². The van der Waals surface area contributed by atoms with Gasteiger partial charge in [-0.2, -0.15) is 0 Å². The molecule has 0 bridgehead atoms. The zero-order chi connectivity index (χ0) is 8.49. The summed E-state index contributed by atoms with van der Waals surface area (Å²) in [6, 6.07) is 0. The van der Waals surface area contributed by atoms with E-state index in [4.69, 9.17) is 0 Å². The van der Waals surface area contributed by atoms with Gasteiger partial charge in [-0.1, -0.05) is 42.5 Å². The fourth-order valence-corrected chi connectivity index (χ4v) is 1.03. The van der Waals surface area contributed by atoms with Crippen LogP contribution in [0.3, 0.4) is 0 Å². The molecular weight excluding hydrogens is 144 g/mol. The maximum absolute atomic E-state index is 3.27. The minimum atomic E-state index is 1.05. The molecule has 0 fully saturated rings. The molecule has 0 saturated carbocycles. The molecule has 0 aliphatic heterocycles. The first kappa shape index (κ1) is 9.05. The largest absolute Gasteiger partial charge is 0.0842 e. The van der Waals surface area contributed by atoms with E-state index in [1.807, 2.05) is 0 Å². The summed E-state index contributed by atoms with van der Waals surface area (Å²) >= 11 is 0. The van der Waals surface area contributed by atoms with E-state index in [1.54, 1.807) is 0 Å². The molecule has 0 N–H and O–H groups in total. The van der Waals surface area contributed by atoms with E-state index >= 15 is 0 Å². The average molecular weight is 159 g/mol. The molecule has 1 aliphatic carbocycles. The first-order chi connectivity index (χ1) is 6.00. The first-order valence-corrected chi connectivity index (χ1v) is 4.53. The summed E-state index contributed by atoms with van der Waals surface area (Å²) in [5, 5.41) is 0. The van der Waals surface area contributed by atoms with Crippen LogP contribution < -0.4 is 0 Å². The lowest BCUT2D eigenvalue weighted by Crippen LogP contribution is -1.69. The Morgan fingerprint density at radius 1 is 0.750 bits per heavy atom. The summed E-state index contributed by atoms with van der Waals surface area (Å²) in [6.45, 7) is 0. The van der Waals surface area contributed by atoms with Crippen molar-refractivity contribution >= 4 is 0 Å². The highest BCUT2D eigenvalue weighted by atomic mass is 13.9. The van der Waals surface area contributed by atoms with Gasteiger partial charge in [0.25, 0.3) is 0 Å². The van der Waals surface area contributed by atoms with Gasteiger partial charge < -0.3 is 0 Å². The van der Waals surface area contributed by atoms with E-state index < -0.39 is 0 Å². The number of hydrogen-bond donors (Lipinski definition) is 0. The molecule has 0 heterocycles. The summed E-state index contributed by atoms with van der Waals surface area (Å²) in [6.07, 6.45) is 22.5. The Morgan fingerprint density at radius 2 is 1.50 bits per heavy atom. The lowest BCUT2D eigenvalue weighted by atomic mass is 10.2. The van der Waals surface area contributed by atoms with E-state index in [-0.39, 0.29) is 0 Å². The predicted molar refractivity (Wildman–Crippen MR) is 53.7 cm³/mol. The van der Waals surface area contributed by atoms with Crippen LogP contribution in [0.15, 0.2) is 42.5 Å². The molecule has 0 atom stereocenters. The normalized spacial score (nSPS) is 18.7. The number of hydrogen-bond acceptors (Lipinski definition) is 0. The predicted octanol–water partition coefficient (Wildman–Crippen LogP) is 3.59. The minimum Gasteiger partial charge on any atom is -0.0842 e. The van der Waals surface area contributed by atoms with Crippen molar-refractivity contribution in [3.63, 3.8) is 0 Å². The second-order valence-electron chi connectivity index (χ2n) is 2.77. The van der Waals surface area contributed by atoms with Gasteiger partial charge in [0, 0.05) is 0 Å². The second-order valence-corrected chi connectivity index (χ2v) is 2.77. The molecule has 0 aromatic carbocycles. The quantitative estimate of drug-likeness (QED) is 0.506. The van der Waals surface area contributed by atoms with Crippen LogP contribution in [0.2, 0.25) is 0 Å². The maximum Gasteiger partial charge on any atom is -0.0245 e. The molecule has 0 spiro atoms. The van der Waals surface area contributed by atoms with E-state index in [0.717, 1.165) is 25.7 Å². The van der Waals surface area contributed by atoms with Crippen LogP contribution in [0.4, 0.5) is 0 Å². The fourth-order valence-electron chi connectivity index (χ4n) is 1.03. The van der Waals surface area contributed by atoms with Crippen molar-refractivity contribution in [2.75, 3.05) is 0 Å².